The topological polar surface area (TPSA) is 0 Å². The van der Waals surface area contributed by atoms with Gasteiger partial charge in [0.2, 0.25) is 0 Å². The van der Waals surface area contributed by atoms with E-state index in [1.165, 1.54) is 35.1 Å². The normalized spacial score (nSPS) is 22.7. The largest absolute Gasteiger partial charge is 0.0843 e. The number of hydrogen-bond acceptors (Lipinski definition) is 0. The molecule has 0 saturated carbocycles. The van der Waals surface area contributed by atoms with Crippen LogP contribution in [0.5, 0.6) is 0 Å². The van der Waals surface area contributed by atoms with Gasteiger partial charge in [-0.2, -0.15) is 0 Å². The van der Waals surface area contributed by atoms with E-state index in [0.717, 1.165) is 6.42 Å². The molecule has 1 aliphatic rings. The maximum Gasteiger partial charge on any atom is -0.0124 e. The first-order valence-electron chi connectivity index (χ1n) is 7.81. The lowest BCUT2D eigenvalue weighted by molar-refractivity contribution is 0.636. The Morgan fingerprint density at radius 1 is 0.905 bits per heavy atom. The van der Waals surface area contributed by atoms with Crippen molar-refractivity contribution in [2.75, 3.05) is 0 Å². The zero-order valence-corrected chi connectivity index (χ0v) is 12.6. The number of hydrogen-bond donors (Lipinski definition) is 0. The lowest BCUT2D eigenvalue weighted by Gasteiger charge is -2.18. The Bertz CT molecular complexity index is 647. The molecule has 3 rings (SSSR count). The average Bonchev–Trinajstić information content (AvgIpc) is 2.52. The van der Waals surface area contributed by atoms with Crippen molar-refractivity contribution in [3.8, 4) is 11.1 Å². The third-order valence-electron chi connectivity index (χ3n) is 4.25. The van der Waals surface area contributed by atoms with Crippen molar-refractivity contribution in [1.29, 1.82) is 0 Å². The minimum Gasteiger partial charge on any atom is -0.0843 e. The van der Waals surface area contributed by atoms with Crippen LogP contribution in [-0.4, -0.2) is 0 Å². The standard InChI is InChI=1S/C21H22/c1-17-8-5-6-11-19(15-14-17)21-13-7-12-20(16-21)18-9-3-2-4-10-18/h2-5,7-10,12-14,16,19H,6,11,15H2,1H3/b8-5-,17-14-. The molecule has 0 bridgehead atoms. The molecule has 2 aromatic rings. The molecule has 0 aromatic heterocycles. The van der Waals surface area contributed by atoms with E-state index in [9.17, 15) is 0 Å². The third kappa shape index (κ3) is 3.52. The highest BCUT2D eigenvalue weighted by Crippen LogP contribution is 2.30. The maximum absolute atomic E-state index is 2.37. The van der Waals surface area contributed by atoms with E-state index in [-0.39, 0.29) is 0 Å². The van der Waals surface area contributed by atoms with Crippen molar-refractivity contribution in [3.63, 3.8) is 0 Å². The molecule has 0 spiro atoms. The van der Waals surface area contributed by atoms with E-state index >= 15 is 0 Å². The van der Waals surface area contributed by atoms with Gasteiger partial charge in [0.15, 0.2) is 0 Å². The molecule has 1 aliphatic carbocycles. The Kier molecular flexibility index (Phi) is 4.35. The summed E-state index contributed by atoms with van der Waals surface area (Å²) >= 11 is 0. The lowest BCUT2D eigenvalue weighted by atomic mass is 9.87. The van der Waals surface area contributed by atoms with E-state index in [1.54, 1.807) is 0 Å². The van der Waals surface area contributed by atoms with Gasteiger partial charge in [-0.05, 0) is 48.8 Å². The van der Waals surface area contributed by atoms with Gasteiger partial charge < -0.3 is 0 Å². The first kappa shape index (κ1) is 13.9. The molecule has 0 heterocycles. The predicted octanol–water partition coefficient (Wildman–Crippen LogP) is 6.12. The molecule has 0 N–H and O–H groups in total. The van der Waals surface area contributed by atoms with Gasteiger partial charge in [-0.25, -0.2) is 0 Å². The zero-order valence-electron chi connectivity index (χ0n) is 12.6. The molecular formula is C21H22. The van der Waals surface area contributed by atoms with Gasteiger partial charge in [0.05, 0.1) is 0 Å². The number of rotatable bonds is 2. The van der Waals surface area contributed by atoms with Crippen LogP contribution in [0.2, 0.25) is 0 Å². The molecule has 0 amide bonds. The summed E-state index contributed by atoms with van der Waals surface area (Å²) in [5, 5.41) is 0. The molecule has 0 heteroatoms. The van der Waals surface area contributed by atoms with E-state index in [4.69, 9.17) is 0 Å². The van der Waals surface area contributed by atoms with E-state index in [0.29, 0.717) is 5.92 Å². The molecule has 0 fully saturated rings. The monoisotopic (exact) mass is 274 g/mol. The summed E-state index contributed by atoms with van der Waals surface area (Å²) in [7, 11) is 0. The van der Waals surface area contributed by atoms with Gasteiger partial charge in [0.25, 0.3) is 0 Å². The van der Waals surface area contributed by atoms with Crippen molar-refractivity contribution in [1.82, 2.24) is 0 Å². The maximum atomic E-state index is 2.37. The number of benzene rings is 2. The van der Waals surface area contributed by atoms with Gasteiger partial charge in [-0.15, -0.1) is 0 Å². The van der Waals surface area contributed by atoms with Crippen LogP contribution in [0.4, 0.5) is 0 Å². The fraction of sp³-hybridized carbons (Fsp3) is 0.238. The van der Waals surface area contributed by atoms with Crippen LogP contribution < -0.4 is 0 Å². The highest BCUT2D eigenvalue weighted by atomic mass is 14.2. The Labute approximate surface area is 127 Å². The molecular weight excluding hydrogens is 252 g/mol. The number of allylic oxidation sites excluding steroid dienone is 4. The summed E-state index contributed by atoms with van der Waals surface area (Å²) in [6.45, 7) is 2.19. The molecule has 2 aromatic carbocycles. The van der Waals surface area contributed by atoms with Crippen LogP contribution in [0.25, 0.3) is 11.1 Å². The molecule has 21 heavy (non-hydrogen) atoms. The predicted molar refractivity (Wildman–Crippen MR) is 91.4 cm³/mol. The molecule has 1 atom stereocenters. The first-order chi connectivity index (χ1) is 10.3. The van der Waals surface area contributed by atoms with Crippen LogP contribution in [0.15, 0.2) is 78.4 Å². The second-order valence-electron chi connectivity index (χ2n) is 5.85. The van der Waals surface area contributed by atoms with E-state index in [1.807, 2.05) is 0 Å². The van der Waals surface area contributed by atoms with Gasteiger partial charge in [-0.1, -0.05) is 78.4 Å². The Hall–Kier alpha value is -2.08. The van der Waals surface area contributed by atoms with Crippen molar-refractivity contribution < 1.29 is 0 Å². The summed E-state index contributed by atoms with van der Waals surface area (Å²) in [6.07, 6.45) is 10.5. The minimum absolute atomic E-state index is 0.633. The van der Waals surface area contributed by atoms with Crippen molar-refractivity contribution in [2.24, 2.45) is 0 Å². The van der Waals surface area contributed by atoms with Crippen LogP contribution in [0.1, 0.15) is 37.7 Å². The second kappa shape index (κ2) is 6.58. The summed E-state index contributed by atoms with van der Waals surface area (Å²) < 4.78 is 0. The fourth-order valence-electron chi connectivity index (χ4n) is 2.99. The zero-order chi connectivity index (χ0) is 14.5. The van der Waals surface area contributed by atoms with Crippen molar-refractivity contribution in [3.05, 3.63) is 84.0 Å². The van der Waals surface area contributed by atoms with Gasteiger partial charge >= 0.3 is 0 Å². The van der Waals surface area contributed by atoms with Gasteiger partial charge in [-0.3, -0.25) is 0 Å². The van der Waals surface area contributed by atoms with Crippen molar-refractivity contribution >= 4 is 0 Å². The quantitative estimate of drug-likeness (QED) is 0.618. The lowest BCUT2D eigenvalue weighted by Crippen LogP contribution is -1.99. The van der Waals surface area contributed by atoms with E-state index < -0.39 is 0 Å². The summed E-state index contributed by atoms with van der Waals surface area (Å²) in [4.78, 5) is 0. The van der Waals surface area contributed by atoms with Crippen molar-refractivity contribution in [2.45, 2.75) is 32.1 Å². The molecule has 0 aliphatic heterocycles. The molecule has 0 saturated heterocycles. The van der Waals surface area contributed by atoms with Crippen LogP contribution >= 0.6 is 0 Å². The van der Waals surface area contributed by atoms with Crippen LogP contribution in [-0.2, 0) is 0 Å². The molecule has 1 unspecified atom stereocenters. The SMILES string of the molecule is CC1=C/CC(c2cccc(-c3ccccc3)c2)CC/C=C\1. The van der Waals surface area contributed by atoms with Gasteiger partial charge in [0, 0.05) is 0 Å². The first-order valence-corrected chi connectivity index (χ1v) is 7.81. The average molecular weight is 274 g/mol. The van der Waals surface area contributed by atoms with Gasteiger partial charge in [0.1, 0.15) is 0 Å². The van der Waals surface area contributed by atoms with E-state index in [2.05, 4.69) is 79.7 Å². The second-order valence-corrected chi connectivity index (χ2v) is 5.85. The minimum atomic E-state index is 0.633. The highest BCUT2D eigenvalue weighted by molar-refractivity contribution is 5.64. The Morgan fingerprint density at radius 3 is 2.57 bits per heavy atom. The fourth-order valence-corrected chi connectivity index (χ4v) is 2.99. The molecule has 106 valence electrons. The summed E-state index contributed by atoms with van der Waals surface area (Å²) in [5.74, 6) is 0.633. The third-order valence-corrected chi connectivity index (χ3v) is 4.25. The summed E-state index contributed by atoms with van der Waals surface area (Å²) in [5.41, 5.74) is 5.48. The molecule has 0 nitrogen and oxygen atoms in total. The Morgan fingerprint density at radius 2 is 1.71 bits per heavy atom. The molecule has 0 radical (unpaired) electrons. The highest BCUT2D eigenvalue weighted by Gasteiger charge is 2.11. The Balaban J connectivity index is 1.87. The summed E-state index contributed by atoms with van der Waals surface area (Å²) in [6, 6.07) is 19.7. The van der Waals surface area contributed by atoms with Crippen LogP contribution in [0.3, 0.4) is 0 Å². The van der Waals surface area contributed by atoms with Crippen LogP contribution in [0, 0.1) is 0 Å². The smallest absolute Gasteiger partial charge is 0.0124 e.